The van der Waals surface area contributed by atoms with E-state index in [4.69, 9.17) is 0 Å². The van der Waals surface area contributed by atoms with E-state index in [0.29, 0.717) is 19.5 Å². The smallest absolute Gasteiger partial charge is 0.244 e. The number of likely N-dealkylation sites (N-methyl/N-ethyl adjacent to an activating group) is 1. The lowest BCUT2D eigenvalue weighted by atomic mass is 10.1. The standard InChI is InChI=1S/C12H18N4O2/c1-3-4-11(17)15-6-9-5-14-8-16(9)10(7-15)12(18)13-2/h5,8,10H,3-4,6-7H2,1-2H3,(H,13,18). The number of nitrogens with one attached hydrogen (secondary N) is 1. The Morgan fingerprint density at radius 3 is 3.00 bits per heavy atom. The highest BCUT2D eigenvalue weighted by Crippen LogP contribution is 2.21. The van der Waals surface area contributed by atoms with Crippen LogP contribution in [0.3, 0.4) is 0 Å². The summed E-state index contributed by atoms with van der Waals surface area (Å²) in [5, 5.41) is 2.63. The molecule has 6 nitrogen and oxygen atoms in total. The first-order chi connectivity index (χ1) is 8.67. The lowest BCUT2D eigenvalue weighted by molar-refractivity contribution is -0.135. The molecule has 1 aromatic rings. The van der Waals surface area contributed by atoms with E-state index < -0.39 is 0 Å². The number of carbonyl (C=O) groups is 2. The van der Waals surface area contributed by atoms with Crippen LogP contribution in [0.25, 0.3) is 0 Å². The molecule has 1 aliphatic rings. The molecule has 2 heterocycles. The van der Waals surface area contributed by atoms with Crippen LogP contribution < -0.4 is 5.32 Å². The summed E-state index contributed by atoms with van der Waals surface area (Å²) in [4.78, 5) is 29.6. The van der Waals surface area contributed by atoms with Gasteiger partial charge in [-0.05, 0) is 6.42 Å². The predicted octanol–water partition coefficient (Wildman–Crippen LogP) is 0.312. The number of amides is 2. The van der Waals surface area contributed by atoms with Gasteiger partial charge < -0.3 is 14.8 Å². The van der Waals surface area contributed by atoms with Gasteiger partial charge in [-0.2, -0.15) is 0 Å². The first-order valence-corrected chi connectivity index (χ1v) is 6.17. The minimum atomic E-state index is -0.373. The zero-order chi connectivity index (χ0) is 13.1. The fourth-order valence-electron chi connectivity index (χ4n) is 2.23. The van der Waals surface area contributed by atoms with Crippen molar-refractivity contribution in [2.75, 3.05) is 13.6 Å². The van der Waals surface area contributed by atoms with Crippen LogP contribution in [-0.4, -0.2) is 39.9 Å². The largest absolute Gasteiger partial charge is 0.357 e. The first kappa shape index (κ1) is 12.6. The average molecular weight is 250 g/mol. The van der Waals surface area contributed by atoms with Crippen molar-refractivity contribution in [1.82, 2.24) is 19.8 Å². The Morgan fingerprint density at radius 2 is 2.33 bits per heavy atom. The molecular weight excluding hydrogens is 232 g/mol. The molecule has 0 radical (unpaired) electrons. The molecule has 0 saturated carbocycles. The van der Waals surface area contributed by atoms with Gasteiger partial charge in [-0.3, -0.25) is 9.59 Å². The van der Waals surface area contributed by atoms with E-state index in [9.17, 15) is 9.59 Å². The molecule has 1 N–H and O–H groups in total. The van der Waals surface area contributed by atoms with Gasteiger partial charge in [0.2, 0.25) is 11.8 Å². The molecule has 1 unspecified atom stereocenters. The van der Waals surface area contributed by atoms with E-state index in [1.807, 2.05) is 11.5 Å². The number of nitrogens with zero attached hydrogens (tertiary/aromatic N) is 3. The SMILES string of the molecule is CCCC(=O)N1Cc2cncn2C(C(=O)NC)C1. The Bertz CT molecular complexity index is 455. The van der Waals surface area contributed by atoms with E-state index in [1.54, 1.807) is 24.5 Å². The molecule has 1 atom stereocenters. The highest BCUT2D eigenvalue weighted by molar-refractivity contribution is 5.82. The maximum absolute atomic E-state index is 12.0. The van der Waals surface area contributed by atoms with Crippen molar-refractivity contribution < 1.29 is 9.59 Å². The monoisotopic (exact) mass is 250 g/mol. The minimum absolute atomic E-state index is 0.0942. The summed E-state index contributed by atoms with van der Waals surface area (Å²) in [5.41, 5.74) is 0.902. The van der Waals surface area contributed by atoms with Crippen LogP contribution in [0, 0.1) is 0 Å². The summed E-state index contributed by atoms with van der Waals surface area (Å²) >= 11 is 0. The Kier molecular flexibility index (Phi) is 3.64. The third-order valence-electron chi connectivity index (χ3n) is 3.19. The number of aromatic nitrogens is 2. The molecular formula is C12H18N4O2. The molecule has 1 aliphatic heterocycles. The Balaban J connectivity index is 2.22. The fraction of sp³-hybridized carbons (Fsp3) is 0.583. The maximum Gasteiger partial charge on any atom is 0.244 e. The van der Waals surface area contributed by atoms with Gasteiger partial charge in [-0.25, -0.2) is 4.98 Å². The Labute approximate surface area is 106 Å². The predicted molar refractivity (Wildman–Crippen MR) is 65.7 cm³/mol. The quantitative estimate of drug-likeness (QED) is 0.839. The van der Waals surface area contributed by atoms with Crippen LogP contribution in [-0.2, 0) is 16.1 Å². The van der Waals surface area contributed by atoms with Gasteiger partial charge in [0.1, 0.15) is 6.04 Å². The third-order valence-corrected chi connectivity index (χ3v) is 3.19. The zero-order valence-corrected chi connectivity index (χ0v) is 10.7. The molecule has 2 amide bonds. The lowest BCUT2D eigenvalue weighted by Crippen LogP contribution is -2.45. The van der Waals surface area contributed by atoms with Gasteiger partial charge in [0.25, 0.3) is 0 Å². The normalized spacial score (nSPS) is 18.3. The van der Waals surface area contributed by atoms with Crippen LogP contribution in [0.15, 0.2) is 12.5 Å². The summed E-state index contributed by atoms with van der Waals surface area (Å²) in [7, 11) is 1.60. The number of fused-ring (bicyclic) bond motifs is 1. The summed E-state index contributed by atoms with van der Waals surface area (Å²) in [5.74, 6) is 0.00195. The second kappa shape index (κ2) is 5.20. The van der Waals surface area contributed by atoms with Crippen LogP contribution in [0.5, 0.6) is 0 Å². The van der Waals surface area contributed by atoms with Gasteiger partial charge in [-0.15, -0.1) is 0 Å². The highest BCUT2D eigenvalue weighted by Gasteiger charge is 2.31. The Hall–Kier alpha value is -1.85. The van der Waals surface area contributed by atoms with Crippen molar-refractivity contribution in [2.45, 2.75) is 32.4 Å². The van der Waals surface area contributed by atoms with Crippen LogP contribution in [0.4, 0.5) is 0 Å². The average Bonchev–Trinajstić information content (AvgIpc) is 2.85. The highest BCUT2D eigenvalue weighted by atomic mass is 16.2. The Morgan fingerprint density at radius 1 is 1.56 bits per heavy atom. The molecule has 0 saturated heterocycles. The fourth-order valence-corrected chi connectivity index (χ4v) is 2.23. The summed E-state index contributed by atoms with van der Waals surface area (Å²) in [6, 6.07) is -0.373. The first-order valence-electron chi connectivity index (χ1n) is 6.17. The van der Waals surface area contributed by atoms with Gasteiger partial charge in [-0.1, -0.05) is 6.92 Å². The summed E-state index contributed by atoms with van der Waals surface area (Å²) in [6.45, 7) is 2.93. The molecule has 0 fully saturated rings. The van der Waals surface area contributed by atoms with Crippen molar-refractivity contribution in [3.8, 4) is 0 Å². The van der Waals surface area contributed by atoms with Gasteiger partial charge in [0.05, 0.1) is 25.1 Å². The van der Waals surface area contributed by atoms with Crippen molar-refractivity contribution in [3.63, 3.8) is 0 Å². The molecule has 0 spiro atoms. The van der Waals surface area contributed by atoms with Crippen molar-refractivity contribution >= 4 is 11.8 Å². The minimum Gasteiger partial charge on any atom is -0.357 e. The maximum atomic E-state index is 12.0. The second-order valence-electron chi connectivity index (χ2n) is 4.45. The third kappa shape index (κ3) is 2.23. The molecule has 18 heavy (non-hydrogen) atoms. The zero-order valence-electron chi connectivity index (χ0n) is 10.7. The second-order valence-corrected chi connectivity index (χ2v) is 4.45. The van der Waals surface area contributed by atoms with E-state index in [-0.39, 0.29) is 17.9 Å². The number of hydrogen-bond acceptors (Lipinski definition) is 3. The number of carbonyl (C=O) groups excluding carboxylic acids is 2. The van der Waals surface area contributed by atoms with Crippen LogP contribution in [0.1, 0.15) is 31.5 Å². The molecule has 0 aromatic carbocycles. The topological polar surface area (TPSA) is 67.2 Å². The molecule has 2 rings (SSSR count). The molecule has 0 aliphatic carbocycles. The van der Waals surface area contributed by atoms with Crippen LogP contribution in [0.2, 0.25) is 0 Å². The number of rotatable bonds is 3. The van der Waals surface area contributed by atoms with E-state index in [1.165, 1.54) is 0 Å². The van der Waals surface area contributed by atoms with Crippen molar-refractivity contribution in [3.05, 3.63) is 18.2 Å². The summed E-state index contributed by atoms with van der Waals surface area (Å²) < 4.78 is 1.84. The summed E-state index contributed by atoms with van der Waals surface area (Å²) in [6.07, 6.45) is 4.70. The molecule has 6 heteroatoms. The lowest BCUT2D eigenvalue weighted by Gasteiger charge is -2.33. The van der Waals surface area contributed by atoms with Crippen LogP contribution >= 0.6 is 0 Å². The molecule has 1 aromatic heterocycles. The van der Waals surface area contributed by atoms with E-state index >= 15 is 0 Å². The number of hydrogen-bond donors (Lipinski definition) is 1. The van der Waals surface area contributed by atoms with Crippen molar-refractivity contribution in [2.24, 2.45) is 0 Å². The van der Waals surface area contributed by atoms with Crippen molar-refractivity contribution in [1.29, 1.82) is 0 Å². The van der Waals surface area contributed by atoms with E-state index in [2.05, 4.69) is 10.3 Å². The van der Waals surface area contributed by atoms with Gasteiger partial charge >= 0.3 is 0 Å². The van der Waals surface area contributed by atoms with Gasteiger partial charge in [0, 0.05) is 19.7 Å². The van der Waals surface area contributed by atoms with Gasteiger partial charge in [0.15, 0.2) is 0 Å². The number of imidazole rings is 1. The molecule has 98 valence electrons. The molecule has 0 bridgehead atoms. The van der Waals surface area contributed by atoms with E-state index in [0.717, 1.165) is 12.1 Å².